The molecule has 0 saturated heterocycles. The van der Waals surface area contributed by atoms with Gasteiger partial charge in [0.25, 0.3) is 0 Å². The standard InChI is InChI=1S/C15H30N2O2/c1-3-4-11-19-12-7-10-16-13(2)15(18)17-14-8-5-6-9-14/h13-14,16H,3-12H2,1-2H3,(H,17,18). The summed E-state index contributed by atoms with van der Waals surface area (Å²) in [7, 11) is 0. The highest BCUT2D eigenvalue weighted by molar-refractivity contribution is 5.81. The number of ether oxygens (including phenoxy) is 1. The zero-order valence-corrected chi connectivity index (χ0v) is 12.5. The second kappa shape index (κ2) is 10.2. The van der Waals surface area contributed by atoms with Gasteiger partial charge in [0.1, 0.15) is 0 Å². The summed E-state index contributed by atoms with van der Waals surface area (Å²) in [5.74, 6) is 0.138. The molecule has 4 nitrogen and oxygen atoms in total. The van der Waals surface area contributed by atoms with E-state index in [4.69, 9.17) is 4.74 Å². The van der Waals surface area contributed by atoms with E-state index in [9.17, 15) is 4.79 Å². The molecule has 0 aromatic heterocycles. The molecule has 0 aromatic rings. The lowest BCUT2D eigenvalue weighted by Gasteiger charge is -2.17. The quantitative estimate of drug-likeness (QED) is 0.599. The molecule has 0 spiro atoms. The van der Waals surface area contributed by atoms with Crippen LogP contribution in [0.1, 0.15) is 58.8 Å². The van der Waals surface area contributed by atoms with Crippen molar-refractivity contribution in [2.24, 2.45) is 0 Å². The molecular formula is C15H30N2O2. The van der Waals surface area contributed by atoms with Gasteiger partial charge in [0, 0.05) is 19.3 Å². The smallest absolute Gasteiger partial charge is 0.237 e. The van der Waals surface area contributed by atoms with Crippen LogP contribution in [0, 0.1) is 0 Å². The Morgan fingerprint density at radius 2 is 1.95 bits per heavy atom. The minimum Gasteiger partial charge on any atom is -0.381 e. The molecule has 1 unspecified atom stereocenters. The van der Waals surface area contributed by atoms with Gasteiger partial charge in [-0.2, -0.15) is 0 Å². The van der Waals surface area contributed by atoms with E-state index in [0.717, 1.165) is 45.4 Å². The topological polar surface area (TPSA) is 50.4 Å². The van der Waals surface area contributed by atoms with E-state index in [1.54, 1.807) is 0 Å². The number of carbonyl (C=O) groups is 1. The van der Waals surface area contributed by atoms with Crippen LogP contribution in [0.4, 0.5) is 0 Å². The number of nitrogens with one attached hydrogen (secondary N) is 2. The van der Waals surface area contributed by atoms with E-state index < -0.39 is 0 Å². The average Bonchev–Trinajstić information content (AvgIpc) is 2.90. The highest BCUT2D eigenvalue weighted by Gasteiger charge is 2.19. The van der Waals surface area contributed by atoms with E-state index in [1.165, 1.54) is 19.3 Å². The average molecular weight is 270 g/mol. The Bertz CT molecular complexity index is 240. The number of amides is 1. The third kappa shape index (κ3) is 7.53. The SMILES string of the molecule is CCCCOCCCNC(C)C(=O)NC1CCCC1. The minimum absolute atomic E-state index is 0.101. The first-order valence-electron chi connectivity index (χ1n) is 7.85. The third-order valence-corrected chi connectivity index (χ3v) is 3.65. The molecule has 1 fully saturated rings. The lowest BCUT2D eigenvalue weighted by atomic mass is 10.2. The summed E-state index contributed by atoms with van der Waals surface area (Å²) in [6.07, 6.45) is 8.06. The first-order valence-corrected chi connectivity index (χ1v) is 7.85. The predicted molar refractivity (Wildman–Crippen MR) is 78.2 cm³/mol. The van der Waals surface area contributed by atoms with Gasteiger partial charge in [0.2, 0.25) is 5.91 Å². The van der Waals surface area contributed by atoms with E-state index in [0.29, 0.717) is 6.04 Å². The molecular weight excluding hydrogens is 240 g/mol. The third-order valence-electron chi connectivity index (χ3n) is 3.65. The maximum Gasteiger partial charge on any atom is 0.237 e. The van der Waals surface area contributed by atoms with Crippen molar-refractivity contribution in [3.63, 3.8) is 0 Å². The molecule has 0 aromatic carbocycles. The van der Waals surface area contributed by atoms with Crippen molar-refractivity contribution < 1.29 is 9.53 Å². The summed E-state index contributed by atoms with van der Waals surface area (Å²) in [5, 5.41) is 6.37. The van der Waals surface area contributed by atoms with Crippen molar-refractivity contribution in [2.45, 2.75) is 70.9 Å². The van der Waals surface area contributed by atoms with Crippen LogP contribution < -0.4 is 10.6 Å². The summed E-state index contributed by atoms with van der Waals surface area (Å²) < 4.78 is 5.48. The molecule has 0 aliphatic heterocycles. The number of rotatable bonds is 10. The fourth-order valence-corrected chi connectivity index (χ4v) is 2.33. The van der Waals surface area contributed by atoms with Gasteiger partial charge < -0.3 is 15.4 Å². The van der Waals surface area contributed by atoms with Crippen LogP contribution >= 0.6 is 0 Å². The molecule has 0 bridgehead atoms. The monoisotopic (exact) mass is 270 g/mol. The van der Waals surface area contributed by atoms with Crippen LogP contribution in [0.15, 0.2) is 0 Å². The normalized spacial score (nSPS) is 17.6. The van der Waals surface area contributed by atoms with Crippen molar-refractivity contribution in [2.75, 3.05) is 19.8 Å². The van der Waals surface area contributed by atoms with Crippen molar-refractivity contribution in [1.82, 2.24) is 10.6 Å². The Balaban J connectivity index is 1.97. The summed E-state index contributed by atoms with van der Waals surface area (Å²) in [6.45, 7) is 6.57. The Morgan fingerprint density at radius 1 is 1.26 bits per heavy atom. The van der Waals surface area contributed by atoms with Gasteiger partial charge in [-0.15, -0.1) is 0 Å². The fraction of sp³-hybridized carbons (Fsp3) is 0.933. The van der Waals surface area contributed by atoms with Crippen molar-refractivity contribution in [1.29, 1.82) is 0 Å². The number of hydrogen-bond acceptors (Lipinski definition) is 3. The molecule has 1 atom stereocenters. The molecule has 1 rings (SSSR count). The first kappa shape index (κ1) is 16.4. The number of unbranched alkanes of at least 4 members (excludes halogenated alkanes) is 1. The predicted octanol–water partition coefficient (Wildman–Crippen LogP) is 2.23. The first-order chi connectivity index (χ1) is 9.24. The van der Waals surface area contributed by atoms with Crippen LogP contribution in [0.5, 0.6) is 0 Å². The lowest BCUT2D eigenvalue weighted by Crippen LogP contribution is -2.45. The van der Waals surface area contributed by atoms with E-state index >= 15 is 0 Å². The van der Waals surface area contributed by atoms with Crippen LogP contribution in [-0.2, 0) is 9.53 Å². The van der Waals surface area contributed by atoms with Crippen molar-refractivity contribution in [3.8, 4) is 0 Å². The zero-order chi connectivity index (χ0) is 13.9. The number of carbonyl (C=O) groups excluding carboxylic acids is 1. The summed E-state index contributed by atoms with van der Waals surface area (Å²) >= 11 is 0. The molecule has 4 heteroatoms. The fourth-order valence-electron chi connectivity index (χ4n) is 2.33. The Kier molecular flexibility index (Phi) is 8.84. The Labute approximate surface area is 117 Å². The Morgan fingerprint density at radius 3 is 2.63 bits per heavy atom. The van der Waals surface area contributed by atoms with Gasteiger partial charge in [0.05, 0.1) is 6.04 Å². The highest BCUT2D eigenvalue weighted by atomic mass is 16.5. The molecule has 2 N–H and O–H groups in total. The molecule has 1 aliphatic carbocycles. The van der Waals surface area contributed by atoms with Crippen molar-refractivity contribution >= 4 is 5.91 Å². The second-order valence-corrected chi connectivity index (χ2v) is 5.49. The molecule has 0 radical (unpaired) electrons. The Hall–Kier alpha value is -0.610. The highest BCUT2D eigenvalue weighted by Crippen LogP contribution is 2.17. The van der Waals surface area contributed by atoms with Crippen LogP contribution in [0.25, 0.3) is 0 Å². The van der Waals surface area contributed by atoms with E-state index in [1.807, 2.05) is 6.92 Å². The second-order valence-electron chi connectivity index (χ2n) is 5.49. The maximum absolute atomic E-state index is 11.9. The van der Waals surface area contributed by atoms with Gasteiger partial charge in [-0.05, 0) is 39.2 Å². The van der Waals surface area contributed by atoms with E-state index in [-0.39, 0.29) is 11.9 Å². The van der Waals surface area contributed by atoms with Gasteiger partial charge in [0.15, 0.2) is 0 Å². The van der Waals surface area contributed by atoms with Crippen LogP contribution in [-0.4, -0.2) is 37.7 Å². The van der Waals surface area contributed by atoms with Gasteiger partial charge >= 0.3 is 0 Å². The van der Waals surface area contributed by atoms with Crippen molar-refractivity contribution in [3.05, 3.63) is 0 Å². The summed E-state index contributed by atoms with van der Waals surface area (Å²) in [6, 6.07) is 0.311. The van der Waals surface area contributed by atoms with Crippen LogP contribution in [0.2, 0.25) is 0 Å². The van der Waals surface area contributed by atoms with Gasteiger partial charge in [-0.1, -0.05) is 26.2 Å². The zero-order valence-electron chi connectivity index (χ0n) is 12.5. The van der Waals surface area contributed by atoms with E-state index in [2.05, 4.69) is 17.6 Å². The number of hydrogen-bond donors (Lipinski definition) is 2. The molecule has 112 valence electrons. The molecule has 19 heavy (non-hydrogen) atoms. The van der Waals surface area contributed by atoms with Crippen LogP contribution in [0.3, 0.4) is 0 Å². The maximum atomic E-state index is 11.9. The molecule has 0 heterocycles. The van der Waals surface area contributed by atoms with Gasteiger partial charge in [-0.3, -0.25) is 4.79 Å². The van der Waals surface area contributed by atoms with Gasteiger partial charge in [-0.25, -0.2) is 0 Å². The molecule has 1 aliphatic rings. The summed E-state index contributed by atoms with van der Waals surface area (Å²) in [4.78, 5) is 11.9. The molecule has 1 amide bonds. The molecule has 1 saturated carbocycles. The minimum atomic E-state index is -0.101. The summed E-state index contributed by atoms with van der Waals surface area (Å²) in [5.41, 5.74) is 0. The lowest BCUT2D eigenvalue weighted by molar-refractivity contribution is -0.123. The largest absolute Gasteiger partial charge is 0.381 e.